The summed E-state index contributed by atoms with van der Waals surface area (Å²) in [5.41, 5.74) is 2.08. The number of aryl methyl sites for hydroxylation is 1. The van der Waals surface area contributed by atoms with Crippen molar-refractivity contribution in [2.45, 2.75) is 64.5 Å². The Morgan fingerprint density at radius 1 is 1.13 bits per heavy atom. The molecular formula is C28H31F2N3O3S2. The van der Waals surface area contributed by atoms with E-state index in [4.69, 9.17) is 4.74 Å². The van der Waals surface area contributed by atoms with E-state index in [-0.39, 0.29) is 11.5 Å². The number of hydrogen-bond donors (Lipinski definition) is 3. The lowest BCUT2D eigenvalue weighted by Gasteiger charge is -2.24. The summed E-state index contributed by atoms with van der Waals surface area (Å²) in [6.45, 7) is 7.11. The van der Waals surface area contributed by atoms with E-state index in [1.165, 1.54) is 28.7 Å². The van der Waals surface area contributed by atoms with Gasteiger partial charge in [0.15, 0.2) is 11.6 Å². The molecule has 38 heavy (non-hydrogen) atoms. The Morgan fingerprint density at radius 3 is 2.71 bits per heavy atom. The van der Waals surface area contributed by atoms with Gasteiger partial charge in [-0.2, -0.15) is 0 Å². The number of ether oxygens (including phenoxy) is 1. The van der Waals surface area contributed by atoms with E-state index in [0.29, 0.717) is 35.1 Å². The molecule has 3 heterocycles. The van der Waals surface area contributed by atoms with Crippen LogP contribution in [0.4, 0.5) is 18.6 Å². The van der Waals surface area contributed by atoms with Crippen molar-refractivity contribution in [2.24, 2.45) is 0 Å². The van der Waals surface area contributed by atoms with Gasteiger partial charge in [-0.05, 0) is 69.7 Å². The number of amides is 2. The Kier molecular flexibility index (Phi) is 7.57. The smallest absolute Gasteiger partial charge is 0.341 e. The number of urea groups is 1. The molecule has 0 spiro atoms. The maximum absolute atomic E-state index is 14.4. The van der Waals surface area contributed by atoms with Gasteiger partial charge in [-0.1, -0.05) is 12.1 Å². The zero-order valence-corrected chi connectivity index (χ0v) is 23.3. The van der Waals surface area contributed by atoms with Gasteiger partial charge < -0.3 is 15.4 Å². The number of thiophene rings is 2. The molecule has 202 valence electrons. The van der Waals surface area contributed by atoms with Crippen molar-refractivity contribution in [1.29, 1.82) is 0 Å². The van der Waals surface area contributed by atoms with Gasteiger partial charge in [-0.25, -0.2) is 18.4 Å². The van der Waals surface area contributed by atoms with Crippen LogP contribution in [0.5, 0.6) is 0 Å². The molecule has 2 amide bonds. The molecule has 1 aromatic carbocycles. The second kappa shape index (κ2) is 10.7. The van der Waals surface area contributed by atoms with Crippen LogP contribution in [0.1, 0.15) is 70.8 Å². The molecule has 5 rings (SSSR count). The Balaban J connectivity index is 1.30. The first-order chi connectivity index (χ1) is 18.1. The summed E-state index contributed by atoms with van der Waals surface area (Å²) in [4.78, 5) is 28.9. The first-order valence-electron chi connectivity index (χ1n) is 12.8. The summed E-state index contributed by atoms with van der Waals surface area (Å²) in [5, 5.41) is 9.71. The summed E-state index contributed by atoms with van der Waals surface area (Å²) in [7, 11) is 0. The number of rotatable bonds is 5. The van der Waals surface area contributed by atoms with Crippen LogP contribution in [0.3, 0.4) is 0 Å². The number of carbonyl (C=O) groups is 2. The Labute approximate surface area is 228 Å². The van der Waals surface area contributed by atoms with Crippen LogP contribution in [0.25, 0.3) is 10.4 Å². The van der Waals surface area contributed by atoms with Crippen molar-refractivity contribution in [3.63, 3.8) is 0 Å². The molecule has 3 aromatic rings. The summed E-state index contributed by atoms with van der Waals surface area (Å²) in [6.07, 6.45) is 3.76. The maximum atomic E-state index is 14.4. The molecule has 1 aliphatic heterocycles. The van der Waals surface area contributed by atoms with Gasteiger partial charge in [-0.3, -0.25) is 5.32 Å². The van der Waals surface area contributed by atoms with Crippen LogP contribution < -0.4 is 16.0 Å². The number of halogens is 2. The molecule has 0 saturated carbocycles. The van der Waals surface area contributed by atoms with Crippen molar-refractivity contribution in [2.75, 3.05) is 18.4 Å². The third-order valence-corrected chi connectivity index (χ3v) is 9.08. The third-order valence-electron chi connectivity index (χ3n) is 6.69. The number of fused-ring (bicyclic) bond motifs is 2. The number of carbonyl (C=O) groups excluding carboxylic acids is 2. The van der Waals surface area contributed by atoms with E-state index in [2.05, 4.69) is 16.0 Å². The second-order valence-corrected chi connectivity index (χ2v) is 12.9. The number of hydrogen-bond acceptors (Lipinski definition) is 6. The quantitative estimate of drug-likeness (QED) is 0.308. The van der Waals surface area contributed by atoms with E-state index in [1.54, 1.807) is 6.07 Å². The van der Waals surface area contributed by atoms with E-state index in [1.807, 2.05) is 26.8 Å². The van der Waals surface area contributed by atoms with Crippen LogP contribution in [-0.4, -0.2) is 30.7 Å². The van der Waals surface area contributed by atoms with Gasteiger partial charge in [0.1, 0.15) is 10.6 Å². The Hall–Kier alpha value is -2.82. The fraction of sp³-hybridized carbons (Fsp3) is 0.429. The second-order valence-electron chi connectivity index (χ2n) is 10.7. The van der Waals surface area contributed by atoms with Crippen LogP contribution in [-0.2, 0) is 24.1 Å². The van der Waals surface area contributed by atoms with E-state index in [0.717, 1.165) is 52.6 Å². The summed E-state index contributed by atoms with van der Waals surface area (Å²) < 4.78 is 33.8. The molecule has 1 aliphatic carbocycles. The molecule has 0 bridgehead atoms. The van der Waals surface area contributed by atoms with Crippen LogP contribution in [0.15, 0.2) is 24.3 Å². The molecule has 6 nitrogen and oxygen atoms in total. The maximum Gasteiger partial charge on any atom is 0.341 e. The van der Waals surface area contributed by atoms with Gasteiger partial charge in [0.25, 0.3) is 0 Å². The predicted octanol–water partition coefficient (Wildman–Crippen LogP) is 6.60. The van der Waals surface area contributed by atoms with Crippen LogP contribution >= 0.6 is 22.7 Å². The monoisotopic (exact) mass is 559 g/mol. The van der Waals surface area contributed by atoms with Crippen molar-refractivity contribution in [3.05, 3.63) is 62.3 Å². The molecular weight excluding hydrogens is 528 g/mol. The number of anilines is 1. The lowest BCUT2D eigenvalue weighted by Crippen LogP contribution is -2.38. The number of esters is 1. The molecule has 0 saturated heterocycles. The minimum atomic E-state index is -0.872. The largest absolute Gasteiger partial charge is 0.456 e. The van der Waals surface area contributed by atoms with Gasteiger partial charge in [0.05, 0.1) is 5.56 Å². The summed E-state index contributed by atoms with van der Waals surface area (Å²) >= 11 is 2.88. The topological polar surface area (TPSA) is 79.5 Å². The standard InChI is InChI=1S/C28H31F2N3O3S2/c1-28(2,3)36-26(34)23-16-7-4-5-10-20(16)38-25(23)33-27(35)32-13-15-12-31-14-22-18(15)11-21(37-22)17-8-6-9-19(29)24(17)30/h6,8-9,11,15,31H,4-5,7,10,12-14H2,1-3H3,(H2,32,33,35). The van der Waals surface area contributed by atoms with Crippen molar-refractivity contribution >= 4 is 39.7 Å². The Morgan fingerprint density at radius 2 is 1.92 bits per heavy atom. The predicted molar refractivity (Wildman–Crippen MR) is 147 cm³/mol. The molecule has 1 atom stereocenters. The van der Waals surface area contributed by atoms with E-state index < -0.39 is 29.2 Å². The highest BCUT2D eigenvalue weighted by Crippen LogP contribution is 2.40. The normalized spacial score (nSPS) is 16.9. The van der Waals surface area contributed by atoms with Crippen molar-refractivity contribution in [3.8, 4) is 10.4 Å². The minimum absolute atomic E-state index is 0.0343. The highest BCUT2D eigenvalue weighted by Gasteiger charge is 2.30. The first kappa shape index (κ1) is 26.8. The highest BCUT2D eigenvalue weighted by atomic mass is 32.1. The highest BCUT2D eigenvalue weighted by molar-refractivity contribution is 7.17. The fourth-order valence-electron chi connectivity index (χ4n) is 4.97. The zero-order chi connectivity index (χ0) is 27.0. The molecule has 2 aromatic heterocycles. The van der Waals surface area contributed by atoms with Crippen LogP contribution in [0, 0.1) is 11.6 Å². The van der Waals surface area contributed by atoms with Crippen LogP contribution in [0.2, 0.25) is 0 Å². The first-order valence-corrected chi connectivity index (χ1v) is 14.4. The van der Waals surface area contributed by atoms with E-state index in [9.17, 15) is 18.4 Å². The average molecular weight is 560 g/mol. The fourth-order valence-corrected chi connectivity index (χ4v) is 7.48. The van der Waals surface area contributed by atoms with Gasteiger partial charge in [0.2, 0.25) is 0 Å². The molecule has 3 N–H and O–H groups in total. The van der Waals surface area contributed by atoms with Gasteiger partial charge in [-0.15, -0.1) is 22.7 Å². The van der Waals surface area contributed by atoms with Gasteiger partial charge >= 0.3 is 12.0 Å². The van der Waals surface area contributed by atoms with Gasteiger partial charge in [0, 0.05) is 45.7 Å². The zero-order valence-electron chi connectivity index (χ0n) is 21.6. The number of benzene rings is 1. The molecule has 2 aliphatic rings. The van der Waals surface area contributed by atoms with Crippen molar-refractivity contribution in [1.82, 2.24) is 10.6 Å². The molecule has 1 unspecified atom stereocenters. The van der Waals surface area contributed by atoms with Crippen molar-refractivity contribution < 1.29 is 23.1 Å². The molecule has 0 radical (unpaired) electrons. The van der Waals surface area contributed by atoms with E-state index >= 15 is 0 Å². The Bertz CT molecular complexity index is 1380. The third kappa shape index (κ3) is 5.62. The summed E-state index contributed by atoms with van der Waals surface area (Å²) in [6, 6.07) is 5.69. The number of nitrogens with one attached hydrogen (secondary N) is 3. The summed E-state index contributed by atoms with van der Waals surface area (Å²) in [5.74, 6) is -2.17. The average Bonchev–Trinajstić information content (AvgIpc) is 3.45. The lowest BCUT2D eigenvalue weighted by molar-refractivity contribution is 0.00699. The lowest BCUT2D eigenvalue weighted by atomic mass is 9.95. The minimum Gasteiger partial charge on any atom is -0.456 e. The SMILES string of the molecule is CC(C)(C)OC(=O)c1c(NC(=O)NCC2CNCc3sc(-c4cccc(F)c4F)cc32)sc2c1CCCC2. The molecule has 10 heteroatoms. The molecule has 0 fully saturated rings.